The minimum absolute atomic E-state index is 0.129. The molecule has 0 aromatic heterocycles. The molecule has 186 valence electrons. The molecule has 0 N–H and O–H groups in total. The van der Waals surface area contributed by atoms with Crippen molar-refractivity contribution in [2.45, 2.75) is 115 Å². The van der Waals surface area contributed by atoms with Crippen LogP contribution in [0.1, 0.15) is 91.9 Å². The summed E-state index contributed by atoms with van der Waals surface area (Å²) in [6.07, 6.45) is 14.3. The van der Waals surface area contributed by atoms with Gasteiger partial charge in [-0.1, -0.05) is 80.0 Å². The molecule has 2 nitrogen and oxygen atoms in total. The van der Waals surface area contributed by atoms with Gasteiger partial charge in [-0.25, -0.2) is 0 Å². The van der Waals surface area contributed by atoms with Gasteiger partial charge in [0.15, 0.2) is 0 Å². The van der Waals surface area contributed by atoms with E-state index in [0.29, 0.717) is 0 Å². The summed E-state index contributed by atoms with van der Waals surface area (Å²) in [7, 11) is 1.80. The van der Waals surface area contributed by atoms with E-state index in [1.807, 2.05) is 0 Å². The van der Waals surface area contributed by atoms with Crippen LogP contribution in [0.25, 0.3) is 11.1 Å². The largest absolute Gasteiger partial charge is 0.490 e. The molecule has 2 aliphatic carbocycles. The highest BCUT2D eigenvalue weighted by molar-refractivity contribution is 7.55. The van der Waals surface area contributed by atoms with Gasteiger partial charge in [0.2, 0.25) is 0 Å². The van der Waals surface area contributed by atoms with Gasteiger partial charge in [0, 0.05) is 0 Å². The minimum Gasteiger partial charge on any atom is -0.490 e. The zero-order valence-electron chi connectivity index (χ0n) is 21.7. The summed E-state index contributed by atoms with van der Waals surface area (Å²) in [5.41, 5.74) is 4.22. The SMILES string of the molecule is CC(C)Oc1cccc(OC(C)C)c1-c1cccc(PC2CCCCC2)c1PC1CCCCC1. The maximum Gasteiger partial charge on any atom is 0.131 e. The summed E-state index contributed by atoms with van der Waals surface area (Å²) < 4.78 is 12.8. The Morgan fingerprint density at radius 2 is 1.15 bits per heavy atom. The summed E-state index contributed by atoms with van der Waals surface area (Å²) >= 11 is 0. The molecule has 0 saturated heterocycles. The standard InChI is InChI=1S/C30H44O2P2/c1-21(2)31-26-18-12-19-27(32-22(3)4)29(26)25-17-11-20-28(33-23-13-7-5-8-14-23)30(25)34-24-15-9-6-10-16-24/h11-12,17-24,33-34H,5-10,13-16H2,1-4H3. The maximum atomic E-state index is 6.38. The van der Waals surface area contributed by atoms with E-state index in [1.165, 1.54) is 75.3 Å². The van der Waals surface area contributed by atoms with Crippen LogP contribution in [0.5, 0.6) is 11.5 Å². The van der Waals surface area contributed by atoms with Crippen molar-refractivity contribution in [1.29, 1.82) is 0 Å². The van der Waals surface area contributed by atoms with Crippen molar-refractivity contribution < 1.29 is 9.47 Å². The Morgan fingerprint density at radius 3 is 1.68 bits per heavy atom. The van der Waals surface area contributed by atoms with Crippen molar-refractivity contribution in [1.82, 2.24) is 0 Å². The van der Waals surface area contributed by atoms with Crippen molar-refractivity contribution >= 4 is 27.8 Å². The lowest BCUT2D eigenvalue weighted by Crippen LogP contribution is -2.25. The van der Waals surface area contributed by atoms with Crippen molar-refractivity contribution in [3.63, 3.8) is 0 Å². The van der Waals surface area contributed by atoms with Crippen LogP contribution in [-0.4, -0.2) is 23.5 Å². The van der Waals surface area contributed by atoms with Crippen LogP contribution in [-0.2, 0) is 0 Å². The summed E-state index contributed by atoms with van der Waals surface area (Å²) in [5.74, 6) is 1.92. The van der Waals surface area contributed by atoms with Crippen molar-refractivity contribution in [2.24, 2.45) is 0 Å². The van der Waals surface area contributed by atoms with Gasteiger partial charge in [0.05, 0.1) is 17.8 Å². The summed E-state index contributed by atoms with van der Waals surface area (Å²) in [6.45, 7) is 8.47. The van der Waals surface area contributed by atoms with E-state index in [-0.39, 0.29) is 12.2 Å². The number of hydrogen-bond donors (Lipinski definition) is 0. The highest BCUT2D eigenvalue weighted by atomic mass is 31.1. The molecule has 0 radical (unpaired) electrons. The van der Waals surface area contributed by atoms with Gasteiger partial charge in [-0.15, -0.1) is 0 Å². The quantitative estimate of drug-likeness (QED) is 0.324. The highest BCUT2D eigenvalue weighted by Crippen LogP contribution is 2.43. The molecule has 2 aliphatic rings. The second-order valence-corrected chi connectivity index (χ2v) is 13.9. The second-order valence-electron chi connectivity index (χ2n) is 10.6. The third kappa shape index (κ3) is 6.98. The Morgan fingerprint density at radius 1 is 0.647 bits per heavy atom. The monoisotopic (exact) mass is 498 g/mol. The fourth-order valence-corrected chi connectivity index (χ4v) is 9.18. The lowest BCUT2D eigenvalue weighted by atomic mass is 10.0. The Labute approximate surface area is 211 Å². The first-order chi connectivity index (χ1) is 16.5. The van der Waals surface area contributed by atoms with E-state index in [9.17, 15) is 0 Å². The number of hydrogen-bond acceptors (Lipinski definition) is 2. The third-order valence-electron chi connectivity index (χ3n) is 6.97. The summed E-state index contributed by atoms with van der Waals surface area (Å²) in [6, 6.07) is 13.4. The number of rotatable bonds is 9. The van der Waals surface area contributed by atoms with Gasteiger partial charge in [0.25, 0.3) is 0 Å². The third-order valence-corrected chi connectivity index (χ3v) is 10.7. The molecule has 0 spiro atoms. The molecule has 0 amide bonds. The van der Waals surface area contributed by atoms with Crippen molar-refractivity contribution in [3.8, 4) is 22.6 Å². The van der Waals surface area contributed by atoms with Gasteiger partial charge >= 0.3 is 0 Å². The molecule has 2 aromatic carbocycles. The van der Waals surface area contributed by atoms with E-state index in [4.69, 9.17) is 9.47 Å². The van der Waals surface area contributed by atoms with Crippen LogP contribution in [0.15, 0.2) is 36.4 Å². The number of benzene rings is 2. The predicted octanol–water partition coefficient (Wildman–Crippen LogP) is 8.20. The van der Waals surface area contributed by atoms with E-state index in [2.05, 4.69) is 64.1 Å². The molecule has 4 rings (SSSR count). The first-order valence-electron chi connectivity index (χ1n) is 13.6. The molecule has 2 unspecified atom stereocenters. The van der Waals surface area contributed by atoms with Gasteiger partial charge in [-0.2, -0.15) is 0 Å². The van der Waals surface area contributed by atoms with Gasteiger partial charge in [-0.3, -0.25) is 0 Å². The lowest BCUT2D eigenvalue weighted by Gasteiger charge is -2.28. The van der Waals surface area contributed by atoms with Gasteiger partial charge in [0.1, 0.15) is 11.5 Å². The van der Waals surface area contributed by atoms with Crippen LogP contribution in [0.4, 0.5) is 0 Å². The minimum atomic E-state index is 0.129. The number of ether oxygens (including phenoxy) is 2. The molecule has 0 bridgehead atoms. The predicted molar refractivity (Wildman–Crippen MR) is 153 cm³/mol. The normalized spacial score (nSPS) is 18.6. The average Bonchev–Trinajstić information content (AvgIpc) is 2.81. The Hall–Kier alpha value is -1.10. The molecule has 2 saturated carbocycles. The second kappa shape index (κ2) is 12.7. The Kier molecular flexibility index (Phi) is 9.73. The first-order valence-corrected chi connectivity index (χ1v) is 15.8. The van der Waals surface area contributed by atoms with Crippen LogP contribution in [0, 0.1) is 0 Å². The first kappa shape index (κ1) is 26.0. The zero-order valence-corrected chi connectivity index (χ0v) is 23.7. The molecular formula is C30H44O2P2. The van der Waals surface area contributed by atoms with Crippen LogP contribution in [0.3, 0.4) is 0 Å². The summed E-state index contributed by atoms with van der Waals surface area (Å²) in [4.78, 5) is 0. The average molecular weight is 499 g/mol. The van der Waals surface area contributed by atoms with Crippen LogP contribution in [0.2, 0.25) is 0 Å². The van der Waals surface area contributed by atoms with E-state index in [1.54, 1.807) is 10.6 Å². The fourth-order valence-electron chi connectivity index (χ4n) is 5.44. The van der Waals surface area contributed by atoms with Gasteiger partial charge < -0.3 is 9.47 Å². The Balaban J connectivity index is 1.80. The zero-order chi connectivity index (χ0) is 23.9. The fraction of sp³-hybridized carbons (Fsp3) is 0.600. The molecule has 2 atom stereocenters. The van der Waals surface area contributed by atoms with Crippen molar-refractivity contribution in [3.05, 3.63) is 36.4 Å². The highest BCUT2D eigenvalue weighted by Gasteiger charge is 2.24. The molecule has 2 fully saturated rings. The van der Waals surface area contributed by atoms with E-state index in [0.717, 1.165) is 40.0 Å². The smallest absolute Gasteiger partial charge is 0.131 e. The topological polar surface area (TPSA) is 18.5 Å². The van der Waals surface area contributed by atoms with Gasteiger partial charge in [-0.05, 0) is 93.0 Å². The van der Waals surface area contributed by atoms with Crippen LogP contribution >= 0.6 is 17.2 Å². The lowest BCUT2D eigenvalue weighted by molar-refractivity contribution is 0.231. The molecule has 4 heteroatoms. The molecule has 0 aliphatic heterocycles. The molecular weight excluding hydrogens is 454 g/mol. The molecule has 2 aromatic rings. The van der Waals surface area contributed by atoms with Crippen molar-refractivity contribution in [2.75, 3.05) is 0 Å². The molecule has 34 heavy (non-hydrogen) atoms. The van der Waals surface area contributed by atoms with E-state index >= 15 is 0 Å². The molecule has 0 heterocycles. The Bertz CT molecular complexity index is 884. The summed E-state index contributed by atoms with van der Waals surface area (Å²) in [5, 5.41) is 3.22. The van der Waals surface area contributed by atoms with Crippen LogP contribution < -0.4 is 20.1 Å². The maximum absolute atomic E-state index is 6.38. The van der Waals surface area contributed by atoms with E-state index < -0.39 is 0 Å².